The van der Waals surface area contributed by atoms with E-state index in [1.165, 1.54) is 5.56 Å². The average Bonchev–Trinajstić information content (AvgIpc) is 2.76. The number of carbonyl (C=O) groups excluding carboxylic acids is 1. The molecular formula is C23H23N3O4. The zero-order valence-corrected chi connectivity index (χ0v) is 16.4. The van der Waals surface area contributed by atoms with Crippen LogP contribution in [0.4, 0.5) is 5.69 Å². The summed E-state index contributed by atoms with van der Waals surface area (Å²) in [6.45, 7) is -0.275. The molecule has 0 bridgehead atoms. The highest BCUT2D eigenvalue weighted by atomic mass is 16.6. The number of amides is 1. The Kier molecular flexibility index (Phi) is 7.10. The van der Waals surface area contributed by atoms with Crippen LogP contribution in [0.15, 0.2) is 83.8 Å². The van der Waals surface area contributed by atoms with Gasteiger partial charge in [0.15, 0.2) is 0 Å². The number of carbonyl (C=O) groups is 1. The van der Waals surface area contributed by atoms with Crippen molar-refractivity contribution in [2.24, 2.45) is 0 Å². The molecule has 3 rings (SSSR count). The summed E-state index contributed by atoms with van der Waals surface area (Å²) in [5, 5.41) is 13.9. The summed E-state index contributed by atoms with van der Waals surface area (Å²) in [5.74, 6) is -0.369. The van der Waals surface area contributed by atoms with E-state index < -0.39 is 10.5 Å². The fourth-order valence-electron chi connectivity index (χ4n) is 3.31. The van der Waals surface area contributed by atoms with Crippen LogP contribution in [0.5, 0.6) is 0 Å². The zero-order chi connectivity index (χ0) is 21.3. The Morgan fingerprint density at radius 1 is 1.00 bits per heavy atom. The average molecular weight is 405 g/mol. The third kappa shape index (κ3) is 5.88. The molecule has 1 unspecified atom stereocenters. The summed E-state index contributed by atoms with van der Waals surface area (Å²) < 4.78 is 1.06. The van der Waals surface area contributed by atoms with Gasteiger partial charge in [-0.1, -0.05) is 60.7 Å². The van der Waals surface area contributed by atoms with Gasteiger partial charge in [0.05, 0.1) is 17.2 Å². The van der Waals surface area contributed by atoms with Crippen molar-refractivity contribution in [1.29, 1.82) is 0 Å². The molecule has 0 aliphatic rings. The number of aromatic nitrogens is 1. The SMILES string of the molecule is O=C(Cn1cc([N+](=O)[O-])ccc1=O)NC(CCCc1ccccc1)c1ccccc1. The smallest absolute Gasteiger partial charge is 0.285 e. The van der Waals surface area contributed by atoms with Gasteiger partial charge in [-0.15, -0.1) is 0 Å². The van der Waals surface area contributed by atoms with Crippen LogP contribution in [-0.4, -0.2) is 15.4 Å². The highest BCUT2D eigenvalue weighted by molar-refractivity contribution is 5.76. The van der Waals surface area contributed by atoms with Crippen LogP contribution in [-0.2, 0) is 17.8 Å². The van der Waals surface area contributed by atoms with Crippen LogP contribution >= 0.6 is 0 Å². The van der Waals surface area contributed by atoms with Gasteiger partial charge in [0.1, 0.15) is 6.54 Å². The normalized spacial score (nSPS) is 11.6. The van der Waals surface area contributed by atoms with Gasteiger partial charge in [-0.2, -0.15) is 0 Å². The van der Waals surface area contributed by atoms with Gasteiger partial charge in [0.2, 0.25) is 5.91 Å². The van der Waals surface area contributed by atoms with E-state index in [4.69, 9.17) is 0 Å². The van der Waals surface area contributed by atoms with Gasteiger partial charge in [0.25, 0.3) is 11.2 Å². The zero-order valence-electron chi connectivity index (χ0n) is 16.4. The predicted molar refractivity (Wildman–Crippen MR) is 114 cm³/mol. The molecule has 7 nitrogen and oxygen atoms in total. The fraction of sp³-hybridized carbons (Fsp3) is 0.217. The first-order valence-corrected chi connectivity index (χ1v) is 9.76. The number of nitrogens with zero attached hydrogens (tertiary/aromatic N) is 2. The van der Waals surface area contributed by atoms with E-state index in [9.17, 15) is 19.7 Å². The molecule has 2 aromatic carbocycles. The Bertz CT molecular complexity index is 1050. The quantitative estimate of drug-likeness (QED) is 0.434. The number of nitrogens with one attached hydrogen (secondary N) is 1. The third-order valence-corrected chi connectivity index (χ3v) is 4.83. The van der Waals surface area contributed by atoms with Gasteiger partial charge >= 0.3 is 0 Å². The second kappa shape index (κ2) is 10.2. The van der Waals surface area contributed by atoms with Crippen LogP contribution in [0.3, 0.4) is 0 Å². The maximum absolute atomic E-state index is 12.6. The van der Waals surface area contributed by atoms with Crippen molar-refractivity contribution in [3.8, 4) is 0 Å². The molecule has 0 fully saturated rings. The Hall–Kier alpha value is -3.74. The molecular weight excluding hydrogens is 382 g/mol. The molecule has 7 heteroatoms. The van der Waals surface area contributed by atoms with Gasteiger partial charge in [0, 0.05) is 12.1 Å². The minimum Gasteiger partial charge on any atom is -0.348 e. The first-order chi connectivity index (χ1) is 14.5. The lowest BCUT2D eigenvalue weighted by Gasteiger charge is -2.20. The summed E-state index contributed by atoms with van der Waals surface area (Å²) in [6, 6.07) is 21.8. The molecule has 154 valence electrons. The van der Waals surface area contributed by atoms with Crippen molar-refractivity contribution in [3.63, 3.8) is 0 Å². The van der Waals surface area contributed by atoms with Gasteiger partial charge in [-0.3, -0.25) is 24.3 Å². The van der Waals surface area contributed by atoms with Crippen LogP contribution in [0.1, 0.15) is 30.0 Å². The molecule has 0 aliphatic carbocycles. The molecule has 1 atom stereocenters. The molecule has 0 spiro atoms. The van der Waals surface area contributed by atoms with E-state index >= 15 is 0 Å². The second-order valence-corrected chi connectivity index (χ2v) is 7.02. The van der Waals surface area contributed by atoms with E-state index in [0.29, 0.717) is 0 Å². The highest BCUT2D eigenvalue weighted by Crippen LogP contribution is 2.20. The molecule has 30 heavy (non-hydrogen) atoms. The van der Waals surface area contributed by atoms with E-state index in [2.05, 4.69) is 17.4 Å². The van der Waals surface area contributed by atoms with Crippen molar-refractivity contribution in [2.45, 2.75) is 31.8 Å². The van der Waals surface area contributed by atoms with Crippen LogP contribution in [0.25, 0.3) is 0 Å². The second-order valence-electron chi connectivity index (χ2n) is 7.02. The lowest BCUT2D eigenvalue weighted by atomic mass is 9.99. The summed E-state index contributed by atoms with van der Waals surface area (Å²) in [7, 11) is 0. The van der Waals surface area contributed by atoms with E-state index in [0.717, 1.165) is 47.7 Å². The van der Waals surface area contributed by atoms with Crippen LogP contribution in [0, 0.1) is 10.1 Å². The van der Waals surface area contributed by atoms with Crippen LogP contribution < -0.4 is 10.9 Å². The molecule has 0 saturated heterocycles. The van der Waals surface area contributed by atoms with Crippen molar-refractivity contribution >= 4 is 11.6 Å². The maximum Gasteiger partial charge on any atom is 0.285 e. The number of benzene rings is 2. The monoisotopic (exact) mass is 405 g/mol. The molecule has 0 radical (unpaired) electrons. The molecule has 1 aromatic heterocycles. The summed E-state index contributed by atoms with van der Waals surface area (Å²) in [4.78, 5) is 34.9. The highest BCUT2D eigenvalue weighted by Gasteiger charge is 2.16. The Labute approximate surface area is 174 Å². The minimum atomic E-state index is -0.593. The van der Waals surface area contributed by atoms with Gasteiger partial charge in [-0.05, 0) is 30.4 Å². The standard InChI is InChI=1S/C23H23N3O4/c27-22(17-25-16-20(26(29)30)14-15-23(25)28)24-21(19-11-5-2-6-12-19)13-7-10-18-8-3-1-4-9-18/h1-6,8-9,11-12,14-16,21H,7,10,13,17H2,(H,24,27). The number of aryl methyl sites for hydroxylation is 1. The van der Waals surface area contributed by atoms with Gasteiger partial charge in [-0.25, -0.2) is 0 Å². The molecule has 1 amide bonds. The Balaban J connectivity index is 1.68. The van der Waals surface area contributed by atoms with Crippen molar-refractivity contribution in [2.75, 3.05) is 0 Å². The van der Waals surface area contributed by atoms with Crippen molar-refractivity contribution in [3.05, 3.63) is 111 Å². The predicted octanol–water partition coefficient (Wildman–Crippen LogP) is 3.64. The first-order valence-electron chi connectivity index (χ1n) is 9.76. The third-order valence-electron chi connectivity index (χ3n) is 4.83. The number of rotatable bonds is 9. The summed E-state index contributed by atoms with van der Waals surface area (Å²) in [5.41, 5.74) is 1.52. The first kappa shape index (κ1) is 21.0. The molecule has 3 aromatic rings. The minimum absolute atomic E-state index is 0.211. The lowest BCUT2D eigenvalue weighted by molar-refractivity contribution is -0.385. The van der Waals surface area contributed by atoms with E-state index in [1.807, 2.05) is 48.5 Å². The number of hydrogen-bond acceptors (Lipinski definition) is 4. The molecule has 1 N–H and O–H groups in total. The number of nitro groups is 1. The Morgan fingerprint density at radius 2 is 1.67 bits per heavy atom. The van der Waals surface area contributed by atoms with Gasteiger partial charge < -0.3 is 5.32 Å². The molecule has 0 saturated carbocycles. The van der Waals surface area contributed by atoms with Crippen LogP contribution in [0.2, 0.25) is 0 Å². The molecule has 1 heterocycles. The molecule has 0 aliphatic heterocycles. The van der Waals surface area contributed by atoms with E-state index in [1.54, 1.807) is 0 Å². The topological polar surface area (TPSA) is 94.2 Å². The Morgan fingerprint density at radius 3 is 2.33 bits per heavy atom. The lowest BCUT2D eigenvalue weighted by Crippen LogP contribution is -2.34. The number of hydrogen-bond donors (Lipinski definition) is 1. The van der Waals surface area contributed by atoms with Crippen molar-refractivity contribution in [1.82, 2.24) is 9.88 Å². The summed E-state index contributed by atoms with van der Waals surface area (Å²) in [6.07, 6.45) is 3.59. The van der Waals surface area contributed by atoms with Crippen molar-refractivity contribution < 1.29 is 9.72 Å². The summed E-state index contributed by atoms with van der Waals surface area (Å²) >= 11 is 0. The number of pyridine rings is 1. The van der Waals surface area contributed by atoms with E-state index in [-0.39, 0.29) is 24.2 Å². The maximum atomic E-state index is 12.6. The fourth-order valence-corrected chi connectivity index (χ4v) is 3.31. The largest absolute Gasteiger partial charge is 0.348 e.